The molecule has 0 saturated heterocycles. The lowest BCUT2D eigenvalue weighted by molar-refractivity contribution is 0.663. The minimum absolute atomic E-state index is 0.568. The fraction of sp³-hybridized carbons (Fsp3) is 0.667. The first-order chi connectivity index (χ1) is 9.24. The lowest BCUT2D eigenvalue weighted by Gasteiger charge is -2.27. The highest BCUT2D eigenvalue weighted by molar-refractivity contribution is 7.98. The van der Waals surface area contributed by atoms with Crippen LogP contribution in [-0.4, -0.2) is 36.1 Å². The molecular weight excluding hydrogens is 254 g/mol. The van der Waals surface area contributed by atoms with Gasteiger partial charge in [0.1, 0.15) is 5.82 Å². The maximum absolute atomic E-state index is 4.60. The van der Waals surface area contributed by atoms with Crippen molar-refractivity contribution in [2.75, 3.05) is 24.0 Å². The van der Waals surface area contributed by atoms with Crippen molar-refractivity contribution in [1.29, 1.82) is 0 Å². The number of thioether (sulfide) groups is 1. The Morgan fingerprint density at radius 1 is 1.47 bits per heavy atom. The summed E-state index contributed by atoms with van der Waals surface area (Å²) in [5.41, 5.74) is 1.28. The Kier molecular flexibility index (Phi) is 5.52. The first-order valence-electron chi connectivity index (χ1n) is 7.14. The molecule has 2 rings (SSSR count). The van der Waals surface area contributed by atoms with Gasteiger partial charge in [-0.3, -0.25) is 0 Å². The van der Waals surface area contributed by atoms with Crippen LogP contribution >= 0.6 is 11.8 Å². The normalized spacial score (nSPS) is 16.4. The lowest BCUT2D eigenvalue weighted by Crippen LogP contribution is -2.33. The molecule has 1 aliphatic rings. The minimum Gasteiger partial charge on any atom is -0.356 e. The summed E-state index contributed by atoms with van der Waals surface area (Å²) in [6.45, 7) is 3.19. The summed E-state index contributed by atoms with van der Waals surface area (Å²) in [6.07, 6.45) is 8.00. The van der Waals surface area contributed by atoms with E-state index >= 15 is 0 Å². The first kappa shape index (κ1) is 14.7. The Balaban J connectivity index is 1.91. The monoisotopic (exact) mass is 279 g/mol. The summed E-state index contributed by atoms with van der Waals surface area (Å²) in [5, 5.41) is 3.52. The third kappa shape index (κ3) is 4.39. The van der Waals surface area contributed by atoms with Gasteiger partial charge in [-0.2, -0.15) is 11.8 Å². The van der Waals surface area contributed by atoms with Crippen LogP contribution in [0.3, 0.4) is 0 Å². The van der Waals surface area contributed by atoms with Gasteiger partial charge in [0.15, 0.2) is 0 Å². The second-order valence-corrected chi connectivity index (χ2v) is 6.22. The number of pyridine rings is 1. The van der Waals surface area contributed by atoms with Gasteiger partial charge in [0.05, 0.1) is 0 Å². The predicted molar refractivity (Wildman–Crippen MR) is 85.0 cm³/mol. The molecule has 3 nitrogen and oxygen atoms in total. The predicted octanol–water partition coefficient (Wildman–Crippen LogP) is 2.91. The van der Waals surface area contributed by atoms with Crippen molar-refractivity contribution in [3.8, 4) is 0 Å². The Morgan fingerprint density at radius 3 is 2.79 bits per heavy atom. The first-order valence-corrected chi connectivity index (χ1v) is 8.54. The molecule has 0 aromatic carbocycles. The Bertz CT molecular complexity index is 375. The van der Waals surface area contributed by atoms with Crippen LogP contribution < -0.4 is 10.2 Å². The molecule has 1 N–H and O–H groups in total. The molecule has 0 bridgehead atoms. The van der Waals surface area contributed by atoms with Crippen molar-refractivity contribution in [3.05, 3.63) is 23.9 Å². The topological polar surface area (TPSA) is 28.2 Å². The van der Waals surface area contributed by atoms with Gasteiger partial charge in [0.25, 0.3) is 0 Å². The van der Waals surface area contributed by atoms with E-state index in [0.717, 1.165) is 30.6 Å². The van der Waals surface area contributed by atoms with Gasteiger partial charge in [-0.1, -0.05) is 13.0 Å². The van der Waals surface area contributed by atoms with Crippen molar-refractivity contribution in [2.24, 2.45) is 0 Å². The summed E-state index contributed by atoms with van der Waals surface area (Å²) in [7, 11) is 2.15. The van der Waals surface area contributed by atoms with E-state index in [2.05, 4.69) is 47.6 Å². The largest absolute Gasteiger partial charge is 0.356 e. The summed E-state index contributed by atoms with van der Waals surface area (Å²) in [5.74, 6) is 2.23. The Morgan fingerprint density at radius 2 is 2.26 bits per heavy atom. The number of rotatable bonds is 8. The molecule has 1 saturated carbocycles. The van der Waals surface area contributed by atoms with Gasteiger partial charge in [-0.05, 0) is 37.1 Å². The molecule has 1 aromatic rings. The molecule has 1 aliphatic carbocycles. The van der Waals surface area contributed by atoms with Crippen LogP contribution in [0.5, 0.6) is 0 Å². The number of hydrogen-bond donors (Lipinski definition) is 1. The average molecular weight is 279 g/mol. The van der Waals surface area contributed by atoms with Gasteiger partial charge in [0, 0.05) is 37.6 Å². The third-order valence-corrected chi connectivity index (χ3v) is 4.44. The van der Waals surface area contributed by atoms with E-state index < -0.39 is 0 Å². The molecule has 0 spiro atoms. The molecule has 4 heteroatoms. The van der Waals surface area contributed by atoms with Crippen molar-refractivity contribution in [1.82, 2.24) is 10.3 Å². The highest BCUT2D eigenvalue weighted by Gasteiger charge is 2.20. The zero-order valence-corrected chi connectivity index (χ0v) is 13.0. The van der Waals surface area contributed by atoms with Crippen molar-refractivity contribution >= 4 is 17.6 Å². The van der Waals surface area contributed by atoms with Crippen LogP contribution in [0.1, 0.15) is 31.7 Å². The lowest BCUT2D eigenvalue weighted by atomic mass is 10.2. The van der Waals surface area contributed by atoms with Crippen molar-refractivity contribution in [2.45, 2.75) is 44.8 Å². The number of anilines is 1. The quantitative estimate of drug-likeness (QED) is 0.792. The van der Waals surface area contributed by atoms with Gasteiger partial charge >= 0.3 is 0 Å². The maximum Gasteiger partial charge on any atom is 0.128 e. The number of aromatic nitrogens is 1. The zero-order valence-electron chi connectivity index (χ0n) is 12.2. The van der Waals surface area contributed by atoms with E-state index in [1.165, 1.54) is 18.4 Å². The standard InChI is InChI=1S/C15H25N3S/c1-4-14(11-19-3)18(2)15-8-5-12(10-17-15)9-16-13-6-7-13/h5,8,10,13-14,16H,4,6-7,9,11H2,1-3H3. The van der Waals surface area contributed by atoms with E-state index in [0.29, 0.717) is 6.04 Å². The van der Waals surface area contributed by atoms with E-state index in [-0.39, 0.29) is 0 Å². The van der Waals surface area contributed by atoms with Gasteiger partial charge < -0.3 is 10.2 Å². The van der Waals surface area contributed by atoms with Crippen LogP contribution in [0.25, 0.3) is 0 Å². The number of hydrogen-bond acceptors (Lipinski definition) is 4. The van der Waals surface area contributed by atoms with Crippen LogP contribution in [0.4, 0.5) is 5.82 Å². The fourth-order valence-electron chi connectivity index (χ4n) is 2.16. The van der Waals surface area contributed by atoms with Crippen LogP contribution in [0.15, 0.2) is 18.3 Å². The molecule has 0 radical (unpaired) electrons. The summed E-state index contributed by atoms with van der Waals surface area (Å²) in [6, 6.07) is 5.67. The van der Waals surface area contributed by atoms with E-state index in [1.54, 1.807) is 0 Å². The van der Waals surface area contributed by atoms with E-state index in [9.17, 15) is 0 Å². The molecule has 0 amide bonds. The third-order valence-electron chi connectivity index (χ3n) is 3.72. The highest BCUT2D eigenvalue weighted by atomic mass is 32.2. The second kappa shape index (κ2) is 7.15. The minimum atomic E-state index is 0.568. The maximum atomic E-state index is 4.60. The van der Waals surface area contributed by atoms with Crippen molar-refractivity contribution < 1.29 is 0 Å². The molecule has 1 unspecified atom stereocenters. The molecular formula is C15H25N3S. The zero-order chi connectivity index (χ0) is 13.7. The molecule has 0 aliphatic heterocycles. The molecule has 1 heterocycles. The molecule has 1 atom stereocenters. The van der Waals surface area contributed by atoms with E-state index in [1.807, 2.05) is 18.0 Å². The summed E-state index contributed by atoms with van der Waals surface area (Å²) >= 11 is 1.90. The molecule has 1 fully saturated rings. The SMILES string of the molecule is CCC(CSC)N(C)c1ccc(CNC2CC2)cn1. The van der Waals surface area contributed by atoms with Crippen molar-refractivity contribution in [3.63, 3.8) is 0 Å². The van der Waals surface area contributed by atoms with Crippen LogP contribution in [-0.2, 0) is 6.54 Å². The summed E-state index contributed by atoms with van der Waals surface area (Å²) < 4.78 is 0. The van der Waals surface area contributed by atoms with Gasteiger partial charge in [-0.25, -0.2) is 4.98 Å². The Hall–Kier alpha value is -0.740. The van der Waals surface area contributed by atoms with Crippen LogP contribution in [0, 0.1) is 0 Å². The molecule has 106 valence electrons. The highest BCUT2D eigenvalue weighted by Crippen LogP contribution is 2.20. The average Bonchev–Trinajstić information content (AvgIpc) is 3.26. The number of nitrogens with zero attached hydrogens (tertiary/aromatic N) is 2. The van der Waals surface area contributed by atoms with E-state index in [4.69, 9.17) is 0 Å². The fourth-order valence-corrected chi connectivity index (χ4v) is 3.01. The van der Waals surface area contributed by atoms with Crippen LogP contribution in [0.2, 0.25) is 0 Å². The number of nitrogens with one attached hydrogen (secondary N) is 1. The van der Waals surface area contributed by atoms with Gasteiger partial charge in [-0.15, -0.1) is 0 Å². The summed E-state index contributed by atoms with van der Waals surface area (Å²) in [4.78, 5) is 6.90. The smallest absolute Gasteiger partial charge is 0.128 e. The van der Waals surface area contributed by atoms with Gasteiger partial charge in [0.2, 0.25) is 0 Å². The molecule has 19 heavy (non-hydrogen) atoms. The Labute approximate surface area is 121 Å². The second-order valence-electron chi connectivity index (χ2n) is 5.31. The molecule has 1 aromatic heterocycles.